The lowest BCUT2D eigenvalue weighted by molar-refractivity contribution is 0.424. The predicted octanol–water partition coefficient (Wildman–Crippen LogP) is 1.65. The van der Waals surface area contributed by atoms with Gasteiger partial charge in [0, 0.05) is 31.5 Å². The summed E-state index contributed by atoms with van der Waals surface area (Å²) < 4.78 is 1.92. The van der Waals surface area contributed by atoms with Crippen LogP contribution >= 0.6 is 0 Å². The highest BCUT2D eigenvalue weighted by atomic mass is 15.4. The molecule has 1 aliphatic carbocycles. The molecular formula is C17H20N8. The molecule has 4 heterocycles. The molecule has 0 bridgehead atoms. The number of rotatable bonds is 5. The summed E-state index contributed by atoms with van der Waals surface area (Å²) in [6.07, 6.45) is 2.40. The molecule has 1 aliphatic heterocycles. The van der Waals surface area contributed by atoms with Crippen molar-refractivity contribution in [3.05, 3.63) is 35.8 Å². The highest BCUT2D eigenvalue weighted by Gasteiger charge is 2.31. The van der Waals surface area contributed by atoms with E-state index < -0.39 is 0 Å². The van der Waals surface area contributed by atoms with Gasteiger partial charge in [0.1, 0.15) is 11.6 Å². The minimum atomic E-state index is 0.543. The topological polar surface area (TPSA) is 84.1 Å². The largest absolute Gasteiger partial charge is 0.368 e. The zero-order chi connectivity index (χ0) is 16.8. The maximum Gasteiger partial charge on any atom is 0.178 e. The Bertz CT molecular complexity index is 893. The maximum absolute atomic E-state index is 4.76. The summed E-state index contributed by atoms with van der Waals surface area (Å²) in [5.41, 5.74) is 1.77. The van der Waals surface area contributed by atoms with Crippen LogP contribution in [0.2, 0.25) is 0 Å². The van der Waals surface area contributed by atoms with E-state index in [1.165, 1.54) is 12.8 Å². The first-order chi connectivity index (χ1) is 12.3. The van der Waals surface area contributed by atoms with Gasteiger partial charge in [0.05, 0.1) is 5.69 Å². The standard InChI is InChI=1S/C17H20N8/c1-11-2-5-14(20-19-11)18-8-12-9-24(10-12)16-7-6-15-21-22-17(13-3-4-13)25(15)23-16/h2,5-7,12-13H,3-4,8-10H2,1H3,(H,18,20). The Kier molecular flexibility index (Phi) is 3.29. The number of fused-ring (bicyclic) bond motifs is 1. The van der Waals surface area contributed by atoms with Gasteiger partial charge in [-0.3, -0.25) is 0 Å². The number of hydrogen-bond donors (Lipinski definition) is 1. The van der Waals surface area contributed by atoms with Gasteiger partial charge in [-0.15, -0.1) is 20.4 Å². The first kappa shape index (κ1) is 14.6. The van der Waals surface area contributed by atoms with Crippen LogP contribution in [0.25, 0.3) is 5.65 Å². The van der Waals surface area contributed by atoms with Crippen LogP contribution in [0.5, 0.6) is 0 Å². The number of nitrogens with one attached hydrogen (secondary N) is 1. The summed E-state index contributed by atoms with van der Waals surface area (Å²) in [4.78, 5) is 2.29. The summed E-state index contributed by atoms with van der Waals surface area (Å²) in [6.45, 7) is 4.82. The van der Waals surface area contributed by atoms with Gasteiger partial charge in [-0.2, -0.15) is 9.61 Å². The molecule has 1 saturated carbocycles. The minimum Gasteiger partial charge on any atom is -0.368 e. The monoisotopic (exact) mass is 336 g/mol. The third-order valence-corrected chi connectivity index (χ3v) is 4.87. The van der Waals surface area contributed by atoms with Crippen molar-refractivity contribution in [2.75, 3.05) is 29.9 Å². The zero-order valence-electron chi connectivity index (χ0n) is 14.1. The highest BCUT2D eigenvalue weighted by molar-refractivity contribution is 5.48. The van der Waals surface area contributed by atoms with Gasteiger partial charge in [0.25, 0.3) is 0 Å². The van der Waals surface area contributed by atoms with Crippen LogP contribution in [-0.2, 0) is 0 Å². The van der Waals surface area contributed by atoms with Crippen molar-refractivity contribution in [3.8, 4) is 0 Å². The second-order valence-corrected chi connectivity index (χ2v) is 7.01. The van der Waals surface area contributed by atoms with Crippen molar-refractivity contribution in [2.45, 2.75) is 25.7 Å². The summed E-state index contributed by atoms with van der Waals surface area (Å²) in [7, 11) is 0. The van der Waals surface area contributed by atoms with E-state index >= 15 is 0 Å². The number of anilines is 2. The van der Waals surface area contributed by atoms with E-state index in [9.17, 15) is 0 Å². The molecule has 0 unspecified atom stereocenters. The van der Waals surface area contributed by atoms with Crippen molar-refractivity contribution in [1.82, 2.24) is 30.0 Å². The summed E-state index contributed by atoms with van der Waals surface area (Å²) in [5, 5.41) is 24.8. The van der Waals surface area contributed by atoms with Crippen LogP contribution < -0.4 is 10.2 Å². The van der Waals surface area contributed by atoms with Gasteiger partial charge in [-0.05, 0) is 44.0 Å². The molecule has 8 heteroatoms. The maximum atomic E-state index is 4.76. The van der Waals surface area contributed by atoms with Crippen molar-refractivity contribution < 1.29 is 0 Å². The minimum absolute atomic E-state index is 0.543. The van der Waals surface area contributed by atoms with Crippen molar-refractivity contribution >= 4 is 17.3 Å². The van der Waals surface area contributed by atoms with E-state index in [1.54, 1.807) is 0 Å². The lowest BCUT2D eigenvalue weighted by Crippen LogP contribution is -2.50. The van der Waals surface area contributed by atoms with Gasteiger partial charge in [0.15, 0.2) is 11.5 Å². The summed E-state index contributed by atoms with van der Waals surface area (Å²) in [6, 6.07) is 7.99. The molecule has 25 heavy (non-hydrogen) atoms. The number of aromatic nitrogens is 6. The smallest absolute Gasteiger partial charge is 0.178 e. The third kappa shape index (κ3) is 2.77. The van der Waals surface area contributed by atoms with Gasteiger partial charge >= 0.3 is 0 Å². The van der Waals surface area contributed by atoms with Crippen LogP contribution in [0.3, 0.4) is 0 Å². The van der Waals surface area contributed by atoms with E-state index in [1.807, 2.05) is 35.7 Å². The SMILES string of the molecule is Cc1ccc(NCC2CN(c3ccc4nnc(C5CC5)n4n3)C2)nn1. The summed E-state index contributed by atoms with van der Waals surface area (Å²) >= 11 is 0. The molecule has 3 aromatic rings. The van der Waals surface area contributed by atoms with E-state index in [2.05, 4.69) is 30.6 Å². The Morgan fingerprint density at radius 1 is 1.04 bits per heavy atom. The zero-order valence-corrected chi connectivity index (χ0v) is 14.1. The second kappa shape index (κ2) is 5.65. The average molecular weight is 336 g/mol. The average Bonchev–Trinajstić information content (AvgIpc) is 3.34. The van der Waals surface area contributed by atoms with Crippen LogP contribution in [0.4, 0.5) is 11.6 Å². The van der Waals surface area contributed by atoms with Crippen molar-refractivity contribution in [2.24, 2.45) is 5.92 Å². The quantitative estimate of drug-likeness (QED) is 0.758. The number of hydrogen-bond acceptors (Lipinski definition) is 7. The van der Waals surface area contributed by atoms with E-state index in [0.717, 1.165) is 48.4 Å². The van der Waals surface area contributed by atoms with Gasteiger partial charge < -0.3 is 10.2 Å². The van der Waals surface area contributed by atoms with Gasteiger partial charge in [-0.1, -0.05) is 0 Å². The fourth-order valence-corrected chi connectivity index (χ4v) is 3.19. The molecular weight excluding hydrogens is 316 g/mol. The fourth-order valence-electron chi connectivity index (χ4n) is 3.19. The van der Waals surface area contributed by atoms with Crippen LogP contribution in [0.15, 0.2) is 24.3 Å². The van der Waals surface area contributed by atoms with Crippen LogP contribution in [0, 0.1) is 12.8 Å². The molecule has 0 atom stereocenters. The molecule has 0 aromatic carbocycles. The Hall–Kier alpha value is -2.77. The fraction of sp³-hybridized carbons (Fsp3) is 0.471. The molecule has 0 spiro atoms. The first-order valence-electron chi connectivity index (χ1n) is 8.78. The number of nitrogens with zero attached hydrogens (tertiary/aromatic N) is 7. The summed E-state index contributed by atoms with van der Waals surface area (Å²) in [5.74, 6) is 3.97. The van der Waals surface area contributed by atoms with Crippen LogP contribution in [-0.4, -0.2) is 49.6 Å². The molecule has 5 rings (SSSR count). The van der Waals surface area contributed by atoms with E-state index in [4.69, 9.17) is 5.10 Å². The Labute approximate surface area is 145 Å². The molecule has 1 N–H and O–H groups in total. The molecule has 1 saturated heterocycles. The Morgan fingerprint density at radius 2 is 1.92 bits per heavy atom. The lowest BCUT2D eigenvalue weighted by Gasteiger charge is -2.40. The molecule has 2 aliphatic rings. The predicted molar refractivity (Wildman–Crippen MR) is 93.7 cm³/mol. The molecule has 0 amide bonds. The third-order valence-electron chi connectivity index (χ3n) is 4.87. The second-order valence-electron chi connectivity index (χ2n) is 7.01. The molecule has 128 valence electrons. The first-order valence-corrected chi connectivity index (χ1v) is 8.78. The van der Waals surface area contributed by atoms with Gasteiger partial charge in [-0.25, -0.2) is 0 Å². The normalized spacial score (nSPS) is 17.7. The Morgan fingerprint density at radius 3 is 2.68 bits per heavy atom. The van der Waals surface area contributed by atoms with E-state index in [-0.39, 0.29) is 0 Å². The molecule has 0 radical (unpaired) electrons. The molecule has 3 aromatic heterocycles. The van der Waals surface area contributed by atoms with E-state index in [0.29, 0.717) is 11.8 Å². The highest BCUT2D eigenvalue weighted by Crippen LogP contribution is 2.38. The lowest BCUT2D eigenvalue weighted by atomic mass is 10.0. The van der Waals surface area contributed by atoms with Crippen molar-refractivity contribution in [1.29, 1.82) is 0 Å². The molecule has 8 nitrogen and oxygen atoms in total. The Balaban J connectivity index is 1.22. The van der Waals surface area contributed by atoms with Crippen LogP contribution in [0.1, 0.15) is 30.3 Å². The van der Waals surface area contributed by atoms with Gasteiger partial charge in [0.2, 0.25) is 0 Å². The molecule has 2 fully saturated rings. The van der Waals surface area contributed by atoms with Crippen molar-refractivity contribution in [3.63, 3.8) is 0 Å². The number of aryl methyl sites for hydroxylation is 1.